The third-order valence-electron chi connectivity index (χ3n) is 6.05. The van der Waals surface area contributed by atoms with Gasteiger partial charge in [0.1, 0.15) is 48.3 Å². The Morgan fingerprint density at radius 2 is 1.51 bits per heavy atom. The number of aliphatic hydroxyl groups is 6. The van der Waals surface area contributed by atoms with E-state index < -0.39 is 73.6 Å². The van der Waals surface area contributed by atoms with Gasteiger partial charge in [-0.3, -0.25) is 0 Å². The summed E-state index contributed by atoms with van der Waals surface area (Å²) >= 11 is 0. The van der Waals surface area contributed by atoms with E-state index in [1.807, 2.05) is 0 Å². The average molecular weight is 500 g/mol. The number of methoxy groups -OCH3 is 1. The first-order valence-corrected chi connectivity index (χ1v) is 10.9. The Balaban J connectivity index is 1.50. The molecule has 35 heavy (non-hydrogen) atoms. The minimum Gasteiger partial charge on any atom is -0.493 e. The molecule has 13 nitrogen and oxygen atoms in total. The molecule has 2 aromatic rings. The molecule has 10 atom stereocenters. The van der Waals surface area contributed by atoms with Crippen LogP contribution in [0.25, 0.3) is 11.0 Å². The summed E-state index contributed by atoms with van der Waals surface area (Å²) in [4.78, 5) is 11.6. The van der Waals surface area contributed by atoms with Gasteiger partial charge in [-0.1, -0.05) is 0 Å². The first-order valence-electron chi connectivity index (χ1n) is 10.9. The van der Waals surface area contributed by atoms with Crippen LogP contribution < -0.4 is 15.1 Å². The molecule has 0 aliphatic carbocycles. The van der Waals surface area contributed by atoms with Crippen molar-refractivity contribution in [1.29, 1.82) is 0 Å². The molecule has 0 bridgehead atoms. The molecule has 2 fully saturated rings. The van der Waals surface area contributed by atoms with E-state index in [0.717, 1.165) is 0 Å². The van der Waals surface area contributed by atoms with E-state index >= 15 is 0 Å². The molecule has 2 saturated heterocycles. The molecule has 3 heterocycles. The normalized spacial score (nSPS) is 37.8. The highest BCUT2D eigenvalue weighted by molar-refractivity contribution is 5.80. The van der Waals surface area contributed by atoms with Crippen molar-refractivity contribution in [3.05, 3.63) is 34.7 Å². The highest BCUT2D eigenvalue weighted by atomic mass is 16.7. The van der Waals surface area contributed by atoms with E-state index in [4.69, 9.17) is 28.1 Å². The number of fused-ring (bicyclic) bond motifs is 1. The van der Waals surface area contributed by atoms with Crippen LogP contribution >= 0.6 is 0 Å². The van der Waals surface area contributed by atoms with Crippen molar-refractivity contribution in [3.8, 4) is 11.5 Å². The highest BCUT2D eigenvalue weighted by Crippen LogP contribution is 2.35. The van der Waals surface area contributed by atoms with Gasteiger partial charge < -0.3 is 58.7 Å². The number of aliphatic hydroxyl groups excluding tert-OH is 6. The van der Waals surface area contributed by atoms with Crippen molar-refractivity contribution in [2.24, 2.45) is 0 Å². The zero-order valence-corrected chi connectivity index (χ0v) is 18.8. The molecule has 0 spiro atoms. The van der Waals surface area contributed by atoms with E-state index in [0.29, 0.717) is 5.39 Å². The van der Waals surface area contributed by atoms with E-state index in [1.165, 1.54) is 38.3 Å². The summed E-state index contributed by atoms with van der Waals surface area (Å²) < 4.78 is 32.5. The first kappa shape index (κ1) is 25.8. The van der Waals surface area contributed by atoms with Crippen LogP contribution in [-0.2, 0) is 14.2 Å². The summed E-state index contributed by atoms with van der Waals surface area (Å²) in [5.41, 5.74) is -0.408. The molecule has 1 aromatic heterocycles. The van der Waals surface area contributed by atoms with Gasteiger partial charge in [0, 0.05) is 17.5 Å². The number of benzene rings is 1. The van der Waals surface area contributed by atoms with E-state index in [2.05, 4.69) is 0 Å². The van der Waals surface area contributed by atoms with E-state index in [-0.39, 0.29) is 17.1 Å². The number of hydrogen-bond acceptors (Lipinski definition) is 13. The van der Waals surface area contributed by atoms with Crippen molar-refractivity contribution in [1.82, 2.24) is 0 Å². The molecular weight excluding hydrogens is 472 g/mol. The van der Waals surface area contributed by atoms with Crippen LogP contribution in [0.15, 0.2) is 33.5 Å². The predicted octanol–water partition coefficient (Wildman–Crippen LogP) is -2.17. The number of hydrogen-bond donors (Lipinski definition) is 6. The molecule has 13 heteroatoms. The molecule has 2 aliphatic rings. The predicted molar refractivity (Wildman–Crippen MR) is 115 cm³/mol. The van der Waals surface area contributed by atoms with Crippen LogP contribution in [0.2, 0.25) is 0 Å². The van der Waals surface area contributed by atoms with Crippen LogP contribution in [-0.4, -0.2) is 106 Å². The lowest BCUT2D eigenvalue weighted by Gasteiger charge is -2.42. The Morgan fingerprint density at radius 3 is 2.23 bits per heavy atom. The maximum Gasteiger partial charge on any atom is 0.336 e. The maximum atomic E-state index is 11.6. The molecule has 0 unspecified atom stereocenters. The van der Waals surface area contributed by atoms with Gasteiger partial charge in [0.2, 0.25) is 6.29 Å². The van der Waals surface area contributed by atoms with Crippen molar-refractivity contribution in [3.63, 3.8) is 0 Å². The Labute approximate surface area is 198 Å². The fraction of sp³-hybridized carbons (Fsp3) is 0.591. The second-order valence-corrected chi connectivity index (χ2v) is 8.44. The average Bonchev–Trinajstić information content (AvgIpc) is 2.84. The molecule has 0 amide bonds. The molecular formula is C22H28O13. The van der Waals surface area contributed by atoms with Gasteiger partial charge in [0.25, 0.3) is 0 Å². The lowest BCUT2D eigenvalue weighted by molar-refractivity contribution is -0.318. The van der Waals surface area contributed by atoms with Crippen LogP contribution in [0.4, 0.5) is 0 Å². The zero-order chi connectivity index (χ0) is 25.4. The summed E-state index contributed by atoms with van der Waals surface area (Å²) in [5, 5.41) is 61.5. The molecule has 4 rings (SSSR count). The summed E-state index contributed by atoms with van der Waals surface area (Å²) in [6, 6.07) is 5.67. The number of rotatable bonds is 6. The maximum absolute atomic E-state index is 11.6. The quantitative estimate of drug-likeness (QED) is 0.235. The highest BCUT2D eigenvalue weighted by Gasteiger charge is 2.47. The summed E-state index contributed by atoms with van der Waals surface area (Å²) in [6.45, 7) is 1.04. The Morgan fingerprint density at radius 1 is 0.829 bits per heavy atom. The SMILES string of the molecule is COc1cc2ccc(=O)oc2cc1O[C@@H]1O[C@@H](CO[C@@H]2O[C@H](C)[C@@H](O)[C@@H](O)[C@@H]2O)[C@@H](O)[C@@H](O)[C@@H]1O. The van der Waals surface area contributed by atoms with E-state index in [1.54, 1.807) is 0 Å². The Kier molecular flexibility index (Phi) is 7.61. The van der Waals surface area contributed by atoms with Crippen LogP contribution in [0.1, 0.15) is 6.92 Å². The zero-order valence-electron chi connectivity index (χ0n) is 18.8. The second kappa shape index (κ2) is 10.3. The van der Waals surface area contributed by atoms with Crippen LogP contribution in [0, 0.1) is 0 Å². The van der Waals surface area contributed by atoms with Gasteiger partial charge in [-0.2, -0.15) is 0 Å². The Hall–Kier alpha value is -2.33. The number of ether oxygens (including phenoxy) is 5. The largest absolute Gasteiger partial charge is 0.493 e. The van der Waals surface area contributed by atoms with Gasteiger partial charge in [0.15, 0.2) is 17.8 Å². The molecule has 0 radical (unpaired) electrons. The molecule has 1 aromatic carbocycles. The standard InChI is InChI=1S/C22H28O13/c1-8-15(24)17(26)19(28)21(32-8)31-7-13-16(25)18(27)20(29)22(35-13)34-12-6-10-9(5-11(12)30-2)3-4-14(23)33-10/h3-6,8,13,15-22,24-29H,7H2,1-2H3/t8-,13+,15-,16-,17-,18-,19+,20+,21-,22-/m1/s1. The molecule has 194 valence electrons. The van der Waals surface area contributed by atoms with Gasteiger partial charge in [0.05, 0.1) is 19.8 Å². The van der Waals surface area contributed by atoms with Crippen LogP contribution in [0.5, 0.6) is 11.5 Å². The third-order valence-corrected chi connectivity index (χ3v) is 6.05. The third kappa shape index (κ3) is 5.14. The lowest BCUT2D eigenvalue weighted by Crippen LogP contribution is -2.61. The first-order chi connectivity index (χ1) is 16.6. The molecule has 2 aliphatic heterocycles. The lowest BCUT2D eigenvalue weighted by atomic mass is 9.98. The van der Waals surface area contributed by atoms with Crippen molar-refractivity contribution in [2.45, 2.75) is 68.3 Å². The minimum absolute atomic E-state index is 0.0265. The van der Waals surface area contributed by atoms with Crippen LogP contribution in [0.3, 0.4) is 0 Å². The van der Waals surface area contributed by atoms with Crippen molar-refractivity contribution >= 4 is 11.0 Å². The smallest absolute Gasteiger partial charge is 0.336 e. The van der Waals surface area contributed by atoms with Crippen molar-refractivity contribution in [2.75, 3.05) is 13.7 Å². The fourth-order valence-electron chi connectivity index (χ4n) is 3.94. The summed E-state index contributed by atoms with van der Waals surface area (Å²) in [5.74, 6) is 0.245. The van der Waals surface area contributed by atoms with Crippen molar-refractivity contribution < 1.29 is 58.7 Å². The second-order valence-electron chi connectivity index (χ2n) is 8.44. The van der Waals surface area contributed by atoms with Gasteiger partial charge >= 0.3 is 5.63 Å². The van der Waals surface area contributed by atoms with Gasteiger partial charge in [-0.25, -0.2) is 4.79 Å². The molecule has 0 saturated carbocycles. The summed E-state index contributed by atoms with van der Waals surface area (Å²) in [6.07, 6.45) is -14.4. The summed E-state index contributed by atoms with van der Waals surface area (Å²) in [7, 11) is 1.38. The molecule has 6 N–H and O–H groups in total. The Bertz CT molecular complexity index is 1070. The monoisotopic (exact) mass is 500 g/mol. The van der Waals surface area contributed by atoms with Gasteiger partial charge in [-0.15, -0.1) is 0 Å². The fourth-order valence-corrected chi connectivity index (χ4v) is 3.94. The van der Waals surface area contributed by atoms with Gasteiger partial charge in [-0.05, 0) is 19.1 Å². The van der Waals surface area contributed by atoms with E-state index in [9.17, 15) is 35.4 Å². The minimum atomic E-state index is -1.70. The topological polar surface area (TPSA) is 198 Å².